The van der Waals surface area contributed by atoms with Crippen molar-refractivity contribution >= 4 is 11.6 Å². The predicted octanol–water partition coefficient (Wildman–Crippen LogP) is 2.93. The van der Waals surface area contributed by atoms with Gasteiger partial charge in [-0.05, 0) is 31.7 Å². The number of nitrogens with one attached hydrogen (secondary N) is 1. The number of hydrogen-bond acceptors (Lipinski definition) is 3. The van der Waals surface area contributed by atoms with Crippen molar-refractivity contribution in [1.82, 2.24) is 5.32 Å². The molecule has 0 heterocycles. The van der Waals surface area contributed by atoms with Crippen molar-refractivity contribution in [3.8, 4) is 0 Å². The molecule has 0 saturated heterocycles. The Balaban J connectivity index is 2.10. The van der Waals surface area contributed by atoms with Crippen molar-refractivity contribution in [3.05, 3.63) is 39.9 Å². The number of carbonyl (C=O) groups excluding carboxylic acids is 1. The second kappa shape index (κ2) is 5.61. The van der Waals surface area contributed by atoms with Gasteiger partial charge in [-0.3, -0.25) is 14.9 Å². The Morgan fingerprint density at radius 1 is 1.40 bits per heavy atom. The van der Waals surface area contributed by atoms with Gasteiger partial charge in [0.15, 0.2) is 0 Å². The van der Waals surface area contributed by atoms with Crippen LogP contribution in [-0.4, -0.2) is 16.9 Å². The van der Waals surface area contributed by atoms with Gasteiger partial charge < -0.3 is 5.32 Å². The minimum atomic E-state index is -0.461. The lowest BCUT2D eigenvalue weighted by molar-refractivity contribution is -0.384. The lowest BCUT2D eigenvalue weighted by Gasteiger charge is -2.19. The third-order valence-electron chi connectivity index (χ3n) is 3.91. The summed E-state index contributed by atoms with van der Waals surface area (Å²) >= 11 is 0. The molecule has 0 bridgehead atoms. The lowest BCUT2D eigenvalue weighted by atomic mass is 9.94. The summed E-state index contributed by atoms with van der Waals surface area (Å²) in [7, 11) is 0. The molecule has 1 aliphatic rings. The normalized spacial score (nSPS) is 17.3. The van der Waals surface area contributed by atoms with Crippen LogP contribution < -0.4 is 5.32 Å². The second-order valence-corrected chi connectivity index (χ2v) is 5.55. The Bertz CT molecular complexity index is 506. The number of carbonyl (C=O) groups is 1. The molecular formula is C15H20N2O3. The van der Waals surface area contributed by atoms with Gasteiger partial charge in [-0.25, -0.2) is 0 Å². The van der Waals surface area contributed by atoms with Gasteiger partial charge in [0.05, 0.1) is 10.3 Å². The van der Waals surface area contributed by atoms with Gasteiger partial charge in [0.2, 0.25) is 5.91 Å². The highest BCUT2D eigenvalue weighted by atomic mass is 16.6. The summed E-state index contributed by atoms with van der Waals surface area (Å²) in [4.78, 5) is 22.6. The molecule has 1 N–H and O–H groups in total. The van der Waals surface area contributed by atoms with Crippen molar-refractivity contribution < 1.29 is 9.72 Å². The summed E-state index contributed by atoms with van der Waals surface area (Å²) in [5.41, 5.74) is 0.477. The van der Waals surface area contributed by atoms with Crippen molar-refractivity contribution in [2.75, 3.05) is 0 Å². The van der Waals surface area contributed by atoms with E-state index in [2.05, 4.69) is 12.2 Å². The Labute approximate surface area is 118 Å². The molecule has 5 nitrogen and oxygen atoms in total. The number of nitro groups is 1. The van der Waals surface area contributed by atoms with Gasteiger partial charge in [-0.2, -0.15) is 0 Å². The molecule has 1 aromatic carbocycles. The van der Waals surface area contributed by atoms with Crippen LogP contribution in [0.3, 0.4) is 0 Å². The van der Waals surface area contributed by atoms with E-state index in [-0.39, 0.29) is 17.6 Å². The van der Waals surface area contributed by atoms with E-state index in [9.17, 15) is 14.9 Å². The smallest absolute Gasteiger partial charge is 0.269 e. The van der Waals surface area contributed by atoms with Gasteiger partial charge in [0, 0.05) is 18.2 Å². The molecule has 1 aliphatic carbocycles. The summed E-state index contributed by atoms with van der Waals surface area (Å²) in [5, 5.41) is 13.7. The fraction of sp³-hybridized carbons (Fsp3) is 0.533. The molecule has 1 saturated carbocycles. The standard InChI is InChI=1S/C15H20N2O3/c1-3-4-11(2)16-14(18)15(9-10-15)12-5-7-13(8-6-12)17(19)20/h5-8,11H,3-4,9-10H2,1-2H3,(H,16,18)/t11-/m0/s1. The van der Waals surface area contributed by atoms with Gasteiger partial charge in [0.25, 0.3) is 5.69 Å². The highest BCUT2D eigenvalue weighted by Gasteiger charge is 2.51. The van der Waals surface area contributed by atoms with Gasteiger partial charge >= 0.3 is 0 Å². The molecule has 1 amide bonds. The van der Waals surface area contributed by atoms with Gasteiger partial charge in [0.1, 0.15) is 0 Å². The van der Waals surface area contributed by atoms with Crippen molar-refractivity contribution in [3.63, 3.8) is 0 Å². The van der Waals surface area contributed by atoms with Gasteiger partial charge in [-0.15, -0.1) is 0 Å². The largest absolute Gasteiger partial charge is 0.353 e. The average molecular weight is 276 g/mol. The van der Waals surface area contributed by atoms with Crippen LogP contribution in [0.4, 0.5) is 5.69 Å². The highest BCUT2D eigenvalue weighted by Crippen LogP contribution is 2.48. The van der Waals surface area contributed by atoms with E-state index in [1.807, 2.05) is 6.92 Å². The van der Waals surface area contributed by atoms with E-state index in [0.717, 1.165) is 31.2 Å². The second-order valence-electron chi connectivity index (χ2n) is 5.55. The van der Waals surface area contributed by atoms with E-state index >= 15 is 0 Å². The molecule has 1 atom stereocenters. The number of nitro benzene ring substituents is 1. The fourth-order valence-electron chi connectivity index (χ4n) is 2.54. The molecule has 0 aliphatic heterocycles. The number of amides is 1. The monoisotopic (exact) mass is 276 g/mol. The van der Waals surface area contributed by atoms with Gasteiger partial charge in [-0.1, -0.05) is 25.5 Å². The Morgan fingerprint density at radius 2 is 2.00 bits per heavy atom. The highest BCUT2D eigenvalue weighted by molar-refractivity contribution is 5.91. The van der Waals surface area contributed by atoms with Crippen molar-refractivity contribution in [1.29, 1.82) is 0 Å². The first-order valence-electron chi connectivity index (χ1n) is 7.05. The molecule has 2 rings (SSSR count). The van der Waals surface area contributed by atoms with E-state index in [0.29, 0.717) is 0 Å². The van der Waals surface area contributed by atoms with Crippen LogP contribution in [0.2, 0.25) is 0 Å². The van der Waals surface area contributed by atoms with Crippen LogP contribution >= 0.6 is 0 Å². The third kappa shape index (κ3) is 2.81. The lowest BCUT2D eigenvalue weighted by Crippen LogP contribution is -2.40. The van der Waals surface area contributed by atoms with Crippen LogP contribution in [0.5, 0.6) is 0 Å². The molecule has 20 heavy (non-hydrogen) atoms. The van der Waals surface area contributed by atoms with Crippen LogP contribution in [0.15, 0.2) is 24.3 Å². The van der Waals surface area contributed by atoms with Crippen molar-refractivity contribution in [2.45, 2.75) is 51.0 Å². The maximum Gasteiger partial charge on any atom is 0.269 e. The summed E-state index contributed by atoms with van der Waals surface area (Å²) in [5.74, 6) is 0.0484. The maximum atomic E-state index is 12.4. The molecular weight excluding hydrogens is 256 g/mol. The minimum Gasteiger partial charge on any atom is -0.353 e. The number of non-ortho nitro benzene ring substituents is 1. The molecule has 0 unspecified atom stereocenters. The summed E-state index contributed by atoms with van der Waals surface area (Å²) in [6.45, 7) is 4.10. The number of benzene rings is 1. The average Bonchev–Trinajstić information content (AvgIpc) is 3.20. The number of rotatable bonds is 6. The van der Waals surface area contributed by atoms with E-state index in [1.54, 1.807) is 12.1 Å². The zero-order chi connectivity index (χ0) is 14.8. The quantitative estimate of drug-likeness (QED) is 0.641. The van der Waals surface area contributed by atoms with E-state index in [4.69, 9.17) is 0 Å². The first kappa shape index (κ1) is 14.5. The summed E-state index contributed by atoms with van der Waals surface area (Å²) < 4.78 is 0. The molecule has 0 radical (unpaired) electrons. The zero-order valence-corrected chi connectivity index (χ0v) is 11.9. The van der Waals surface area contributed by atoms with Crippen LogP contribution in [0, 0.1) is 10.1 Å². The summed E-state index contributed by atoms with van der Waals surface area (Å²) in [6, 6.07) is 6.52. The zero-order valence-electron chi connectivity index (χ0n) is 11.9. The first-order chi connectivity index (χ1) is 9.49. The third-order valence-corrected chi connectivity index (χ3v) is 3.91. The van der Waals surface area contributed by atoms with Crippen LogP contribution in [0.1, 0.15) is 45.1 Å². The molecule has 108 valence electrons. The topological polar surface area (TPSA) is 72.2 Å². The fourth-order valence-corrected chi connectivity index (χ4v) is 2.54. The molecule has 1 aromatic rings. The Kier molecular flexibility index (Phi) is 4.06. The number of nitrogens with zero attached hydrogens (tertiary/aromatic N) is 1. The van der Waals surface area contributed by atoms with Crippen LogP contribution in [-0.2, 0) is 10.2 Å². The predicted molar refractivity (Wildman–Crippen MR) is 76.5 cm³/mol. The molecule has 0 aromatic heterocycles. The van der Waals surface area contributed by atoms with Crippen LogP contribution in [0.25, 0.3) is 0 Å². The van der Waals surface area contributed by atoms with Crippen molar-refractivity contribution in [2.24, 2.45) is 0 Å². The molecule has 5 heteroatoms. The van der Waals surface area contributed by atoms with E-state index in [1.165, 1.54) is 12.1 Å². The van der Waals surface area contributed by atoms with E-state index < -0.39 is 10.3 Å². The molecule has 1 fully saturated rings. The SMILES string of the molecule is CCC[C@H](C)NC(=O)C1(c2ccc([N+](=O)[O-])cc2)CC1. The minimum absolute atomic E-state index is 0.0484. The summed E-state index contributed by atoms with van der Waals surface area (Å²) in [6.07, 6.45) is 3.62. The Hall–Kier alpha value is -1.91. The number of hydrogen-bond donors (Lipinski definition) is 1. The maximum absolute atomic E-state index is 12.4. The Morgan fingerprint density at radius 3 is 2.45 bits per heavy atom. The first-order valence-corrected chi connectivity index (χ1v) is 7.05. The molecule has 0 spiro atoms.